The van der Waals surface area contributed by atoms with E-state index in [1.807, 2.05) is 0 Å². The number of morpholine rings is 1. The molecule has 2 saturated heterocycles. The summed E-state index contributed by atoms with van der Waals surface area (Å²) in [6.45, 7) is 6.77. The highest BCUT2D eigenvalue weighted by atomic mass is 16.5. The van der Waals surface area contributed by atoms with E-state index in [0.717, 1.165) is 32.7 Å². The normalized spacial score (nSPS) is 32.9. The van der Waals surface area contributed by atoms with Crippen LogP contribution in [0.3, 0.4) is 0 Å². The van der Waals surface area contributed by atoms with Gasteiger partial charge in [0.2, 0.25) is 0 Å². The van der Waals surface area contributed by atoms with Crippen LogP contribution in [-0.4, -0.2) is 56.2 Å². The Labute approximate surface area is 96.9 Å². The molecule has 0 bridgehead atoms. The average Bonchev–Trinajstić information content (AvgIpc) is 2.33. The Bertz CT molecular complexity index is 244. The molecule has 2 heterocycles. The minimum atomic E-state index is 0.0842. The maximum atomic E-state index is 11.7. The minimum Gasteiger partial charge on any atom is -0.380 e. The molecule has 16 heavy (non-hydrogen) atoms. The predicted octanol–water partition coefficient (Wildman–Crippen LogP) is 0.703. The number of hydrogen-bond donors (Lipinski definition) is 0. The first-order valence-corrected chi connectivity index (χ1v) is 6.23. The molecule has 2 rings (SSSR count). The standard InChI is InChI=1S/C12H21NO3/c1-2-11-9-16-6-4-13(11)7-10-8-15-5-3-12(10)14/h10-11H,2-9H2,1H3. The van der Waals surface area contributed by atoms with E-state index in [4.69, 9.17) is 9.47 Å². The van der Waals surface area contributed by atoms with E-state index in [-0.39, 0.29) is 5.92 Å². The van der Waals surface area contributed by atoms with E-state index in [1.54, 1.807) is 0 Å². The fourth-order valence-corrected chi connectivity index (χ4v) is 2.44. The highest BCUT2D eigenvalue weighted by molar-refractivity contribution is 5.82. The molecular weight excluding hydrogens is 206 g/mol. The van der Waals surface area contributed by atoms with Gasteiger partial charge in [-0.05, 0) is 6.42 Å². The Kier molecular flexibility index (Phi) is 4.32. The molecule has 0 aromatic heterocycles. The number of Topliss-reactive ketones (excluding diaryl/α,β-unsaturated/α-hetero) is 1. The molecule has 0 aromatic carbocycles. The topological polar surface area (TPSA) is 38.8 Å². The molecule has 2 atom stereocenters. The van der Waals surface area contributed by atoms with Crippen molar-refractivity contribution in [1.29, 1.82) is 0 Å². The Balaban J connectivity index is 1.88. The van der Waals surface area contributed by atoms with E-state index >= 15 is 0 Å². The van der Waals surface area contributed by atoms with E-state index in [1.165, 1.54) is 0 Å². The van der Waals surface area contributed by atoms with Crippen molar-refractivity contribution in [3.63, 3.8) is 0 Å². The van der Waals surface area contributed by atoms with E-state index in [0.29, 0.717) is 31.5 Å². The van der Waals surface area contributed by atoms with Crippen LogP contribution in [0.4, 0.5) is 0 Å². The van der Waals surface area contributed by atoms with Gasteiger partial charge in [-0.3, -0.25) is 9.69 Å². The van der Waals surface area contributed by atoms with Gasteiger partial charge in [0, 0.05) is 25.6 Å². The maximum Gasteiger partial charge on any atom is 0.141 e. The second-order valence-electron chi connectivity index (χ2n) is 4.62. The minimum absolute atomic E-state index is 0.0842. The Morgan fingerprint density at radius 1 is 1.31 bits per heavy atom. The second kappa shape index (κ2) is 5.75. The monoisotopic (exact) mass is 227 g/mol. The summed E-state index contributed by atoms with van der Waals surface area (Å²) in [6.07, 6.45) is 1.67. The van der Waals surface area contributed by atoms with Crippen molar-refractivity contribution < 1.29 is 14.3 Å². The first-order valence-electron chi connectivity index (χ1n) is 6.23. The lowest BCUT2D eigenvalue weighted by Crippen LogP contribution is -2.49. The largest absolute Gasteiger partial charge is 0.380 e. The van der Waals surface area contributed by atoms with Crippen LogP contribution in [0.25, 0.3) is 0 Å². The molecule has 0 N–H and O–H groups in total. The molecule has 0 amide bonds. The zero-order chi connectivity index (χ0) is 11.4. The van der Waals surface area contributed by atoms with Gasteiger partial charge < -0.3 is 9.47 Å². The number of nitrogens with zero attached hydrogens (tertiary/aromatic N) is 1. The third-order valence-electron chi connectivity index (χ3n) is 3.54. The summed E-state index contributed by atoms with van der Waals surface area (Å²) in [4.78, 5) is 14.1. The summed E-state index contributed by atoms with van der Waals surface area (Å²) in [5.41, 5.74) is 0. The van der Waals surface area contributed by atoms with Crippen LogP contribution in [-0.2, 0) is 14.3 Å². The molecule has 2 aliphatic heterocycles. The van der Waals surface area contributed by atoms with Crippen LogP contribution >= 0.6 is 0 Å². The van der Waals surface area contributed by atoms with E-state index < -0.39 is 0 Å². The van der Waals surface area contributed by atoms with Gasteiger partial charge in [-0.15, -0.1) is 0 Å². The lowest BCUT2D eigenvalue weighted by molar-refractivity contribution is -0.132. The van der Waals surface area contributed by atoms with Crippen molar-refractivity contribution in [1.82, 2.24) is 4.90 Å². The average molecular weight is 227 g/mol. The summed E-state index contributed by atoms with van der Waals surface area (Å²) in [6, 6.07) is 0.475. The second-order valence-corrected chi connectivity index (χ2v) is 4.62. The first kappa shape index (κ1) is 12.0. The van der Waals surface area contributed by atoms with Gasteiger partial charge in [0.1, 0.15) is 5.78 Å². The lowest BCUT2D eigenvalue weighted by atomic mass is 9.98. The molecule has 4 nitrogen and oxygen atoms in total. The summed E-state index contributed by atoms with van der Waals surface area (Å²) >= 11 is 0. The zero-order valence-corrected chi connectivity index (χ0v) is 9.98. The molecule has 4 heteroatoms. The van der Waals surface area contributed by atoms with Crippen LogP contribution in [0.5, 0.6) is 0 Å². The van der Waals surface area contributed by atoms with Crippen molar-refractivity contribution in [2.75, 3.05) is 39.5 Å². The third-order valence-corrected chi connectivity index (χ3v) is 3.54. The third kappa shape index (κ3) is 2.81. The van der Waals surface area contributed by atoms with Crippen molar-refractivity contribution >= 4 is 5.78 Å². The zero-order valence-electron chi connectivity index (χ0n) is 9.98. The summed E-state index contributed by atoms with van der Waals surface area (Å²) < 4.78 is 10.8. The molecule has 0 radical (unpaired) electrons. The molecule has 2 fully saturated rings. The number of ether oxygens (including phenoxy) is 2. The Morgan fingerprint density at radius 2 is 2.12 bits per heavy atom. The van der Waals surface area contributed by atoms with Crippen molar-refractivity contribution in [3.05, 3.63) is 0 Å². The van der Waals surface area contributed by atoms with Gasteiger partial charge in [0.05, 0.1) is 32.3 Å². The van der Waals surface area contributed by atoms with Crippen LogP contribution in [0.15, 0.2) is 0 Å². The quantitative estimate of drug-likeness (QED) is 0.711. The Morgan fingerprint density at radius 3 is 2.88 bits per heavy atom. The number of hydrogen-bond acceptors (Lipinski definition) is 4. The number of carbonyl (C=O) groups excluding carboxylic acids is 1. The van der Waals surface area contributed by atoms with Crippen molar-refractivity contribution in [2.45, 2.75) is 25.8 Å². The number of ketones is 1. The molecule has 92 valence electrons. The number of carbonyl (C=O) groups is 1. The van der Waals surface area contributed by atoms with Gasteiger partial charge >= 0.3 is 0 Å². The fourth-order valence-electron chi connectivity index (χ4n) is 2.44. The van der Waals surface area contributed by atoms with E-state index in [9.17, 15) is 4.79 Å². The van der Waals surface area contributed by atoms with Gasteiger partial charge in [-0.25, -0.2) is 0 Å². The van der Waals surface area contributed by atoms with Crippen LogP contribution < -0.4 is 0 Å². The van der Waals surface area contributed by atoms with Crippen LogP contribution in [0.2, 0.25) is 0 Å². The van der Waals surface area contributed by atoms with Crippen molar-refractivity contribution in [3.8, 4) is 0 Å². The summed E-state index contributed by atoms with van der Waals surface area (Å²) in [5.74, 6) is 0.452. The maximum absolute atomic E-state index is 11.7. The van der Waals surface area contributed by atoms with Crippen molar-refractivity contribution in [2.24, 2.45) is 5.92 Å². The smallest absolute Gasteiger partial charge is 0.141 e. The molecule has 2 aliphatic rings. The molecule has 2 unspecified atom stereocenters. The summed E-state index contributed by atoms with van der Waals surface area (Å²) in [5, 5.41) is 0. The summed E-state index contributed by atoms with van der Waals surface area (Å²) in [7, 11) is 0. The van der Waals surface area contributed by atoms with Gasteiger partial charge in [-0.2, -0.15) is 0 Å². The van der Waals surface area contributed by atoms with Crippen LogP contribution in [0.1, 0.15) is 19.8 Å². The van der Waals surface area contributed by atoms with Gasteiger partial charge in [-0.1, -0.05) is 6.92 Å². The molecule has 0 spiro atoms. The molecule has 0 saturated carbocycles. The Hall–Kier alpha value is -0.450. The highest BCUT2D eigenvalue weighted by Crippen LogP contribution is 2.16. The van der Waals surface area contributed by atoms with Crippen LogP contribution in [0, 0.1) is 5.92 Å². The molecular formula is C12H21NO3. The molecule has 0 aliphatic carbocycles. The SMILES string of the molecule is CCC1COCCN1CC1COCCC1=O. The first-order chi connectivity index (χ1) is 7.81. The lowest BCUT2D eigenvalue weighted by Gasteiger charge is -2.37. The van der Waals surface area contributed by atoms with Gasteiger partial charge in [0.15, 0.2) is 0 Å². The number of rotatable bonds is 3. The van der Waals surface area contributed by atoms with E-state index in [2.05, 4.69) is 11.8 Å². The van der Waals surface area contributed by atoms with Gasteiger partial charge in [0.25, 0.3) is 0 Å². The highest BCUT2D eigenvalue weighted by Gasteiger charge is 2.29. The predicted molar refractivity (Wildman–Crippen MR) is 60.4 cm³/mol. The molecule has 0 aromatic rings. The fraction of sp³-hybridized carbons (Fsp3) is 0.917.